The normalized spacial score (nSPS) is 13.6. The number of piperidine rings is 1. The van der Waals surface area contributed by atoms with Crippen LogP contribution in [0.25, 0.3) is 11.0 Å². The lowest BCUT2D eigenvalue weighted by Gasteiger charge is -2.31. The fraction of sp³-hybridized carbons (Fsp3) is 0.276. The lowest BCUT2D eigenvalue weighted by Crippen LogP contribution is -2.43. The monoisotopic (exact) mass is 480 g/mol. The zero-order chi connectivity index (χ0) is 25.1. The third-order valence-electron chi connectivity index (χ3n) is 6.92. The summed E-state index contributed by atoms with van der Waals surface area (Å²) in [5.74, 6) is 1.01. The maximum atomic E-state index is 13.1. The molecule has 2 amide bonds. The van der Waals surface area contributed by atoms with Crippen molar-refractivity contribution in [2.75, 3.05) is 25.0 Å². The summed E-state index contributed by atoms with van der Waals surface area (Å²) < 4.78 is 2.25. The van der Waals surface area contributed by atoms with E-state index in [0.29, 0.717) is 18.5 Å². The highest BCUT2D eigenvalue weighted by molar-refractivity contribution is 5.95. The first-order valence-corrected chi connectivity index (χ1v) is 12.5. The number of imidazole rings is 1. The van der Waals surface area contributed by atoms with E-state index in [-0.39, 0.29) is 11.9 Å². The minimum absolute atomic E-state index is 0.0450. The van der Waals surface area contributed by atoms with Crippen LogP contribution in [0.4, 0.5) is 10.5 Å². The molecule has 7 nitrogen and oxygen atoms in total. The molecule has 1 aliphatic rings. The van der Waals surface area contributed by atoms with E-state index in [0.717, 1.165) is 54.0 Å². The summed E-state index contributed by atoms with van der Waals surface area (Å²) in [6, 6.07) is 24.3. The Labute approximate surface area is 211 Å². The van der Waals surface area contributed by atoms with Crippen molar-refractivity contribution in [3.8, 4) is 0 Å². The molecule has 0 radical (unpaired) electrons. The van der Waals surface area contributed by atoms with Gasteiger partial charge in [-0.1, -0.05) is 54.6 Å². The number of carbonyl (C=O) groups excluding carboxylic acids is 1. The molecule has 0 bridgehead atoms. The highest BCUT2D eigenvalue weighted by Gasteiger charge is 2.22. The molecule has 1 fully saturated rings. The summed E-state index contributed by atoms with van der Waals surface area (Å²) in [4.78, 5) is 21.8. The SMILES string of the molecule is CN(C(=O)N1CCCCC1)c1ccc2c(c1)nc(Cc1ccc(C(=N)N)cc1)n2Cc1ccccc1. The third kappa shape index (κ3) is 4.96. The van der Waals surface area contributed by atoms with Crippen LogP contribution in [0, 0.1) is 5.41 Å². The van der Waals surface area contributed by atoms with Crippen LogP contribution in [0.2, 0.25) is 0 Å². The number of likely N-dealkylation sites (tertiary alicyclic amines) is 1. The quantitative estimate of drug-likeness (QED) is 0.300. The van der Waals surface area contributed by atoms with Gasteiger partial charge in [0.2, 0.25) is 0 Å². The second kappa shape index (κ2) is 10.2. The Morgan fingerprint density at radius 1 is 0.972 bits per heavy atom. The fourth-order valence-corrected chi connectivity index (χ4v) is 4.85. The molecule has 7 heteroatoms. The van der Waals surface area contributed by atoms with Crippen molar-refractivity contribution >= 4 is 28.6 Å². The molecule has 3 aromatic carbocycles. The lowest BCUT2D eigenvalue weighted by molar-refractivity contribution is 0.194. The topological polar surface area (TPSA) is 91.2 Å². The Hall–Kier alpha value is -4.13. The van der Waals surface area contributed by atoms with Gasteiger partial charge in [-0.2, -0.15) is 0 Å². The number of aromatic nitrogens is 2. The minimum Gasteiger partial charge on any atom is -0.384 e. The van der Waals surface area contributed by atoms with Crippen LogP contribution in [0.15, 0.2) is 72.8 Å². The zero-order valence-electron chi connectivity index (χ0n) is 20.7. The lowest BCUT2D eigenvalue weighted by atomic mass is 10.1. The average molecular weight is 481 g/mol. The Kier molecular flexibility index (Phi) is 6.71. The Bertz CT molecular complexity index is 1370. The number of anilines is 1. The van der Waals surface area contributed by atoms with Gasteiger partial charge in [-0.25, -0.2) is 9.78 Å². The van der Waals surface area contributed by atoms with Crippen LogP contribution in [0.1, 0.15) is 41.8 Å². The van der Waals surface area contributed by atoms with Crippen LogP contribution in [-0.2, 0) is 13.0 Å². The standard InChI is InChI=1S/C29H32N6O/c1-33(29(36)34-16-6-3-7-17-34)24-14-15-26-25(19-24)32-27(35(26)20-22-8-4-2-5-9-22)18-21-10-12-23(13-11-21)28(30)31/h2,4-5,8-15,19H,3,6-7,16-18,20H2,1H3,(H3,30,31). The first-order valence-electron chi connectivity index (χ1n) is 12.5. The first-order chi connectivity index (χ1) is 17.5. The van der Waals surface area contributed by atoms with Gasteiger partial charge in [0.25, 0.3) is 0 Å². The van der Waals surface area contributed by atoms with E-state index in [9.17, 15) is 4.79 Å². The van der Waals surface area contributed by atoms with Crippen molar-refractivity contribution < 1.29 is 4.79 Å². The van der Waals surface area contributed by atoms with E-state index in [1.165, 1.54) is 12.0 Å². The summed E-state index contributed by atoms with van der Waals surface area (Å²) in [6.07, 6.45) is 3.98. The van der Waals surface area contributed by atoms with Crippen LogP contribution in [0.3, 0.4) is 0 Å². The number of nitrogens with one attached hydrogen (secondary N) is 1. The van der Waals surface area contributed by atoms with E-state index < -0.39 is 0 Å². The van der Waals surface area contributed by atoms with Gasteiger partial charge in [0.1, 0.15) is 11.7 Å². The number of urea groups is 1. The number of fused-ring (bicyclic) bond motifs is 1. The maximum Gasteiger partial charge on any atom is 0.324 e. The molecule has 0 aliphatic carbocycles. The number of hydrogen-bond donors (Lipinski definition) is 2. The molecule has 4 aromatic rings. The van der Waals surface area contributed by atoms with Gasteiger partial charge in [0.15, 0.2) is 0 Å². The van der Waals surface area contributed by atoms with E-state index in [4.69, 9.17) is 16.1 Å². The van der Waals surface area contributed by atoms with Crippen molar-refractivity contribution in [1.29, 1.82) is 5.41 Å². The Morgan fingerprint density at radius 2 is 1.69 bits per heavy atom. The highest BCUT2D eigenvalue weighted by atomic mass is 16.2. The van der Waals surface area contributed by atoms with Gasteiger partial charge in [-0.05, 0) is 48.6 Å². The summed E-state index contributed by atoms with van der Waals surface area (Å²) in [5, 5.41) is 7.64. The van der Waals surface area contributed by atoms with Crippen molar-refractivity contribution in [2.45, 2.75) is 32.2 Å². The molecule has 0 spiro atoms. The van der Waals surface area contributed by atoms with E-state index >= 15 is 0 Å². The molecular formula is C29H32N6O. The zero-order valence-corrected chi connectivity index (χ0v) is 20.7. The first kappa shape index (κ1) is 23.6. The Balaban J connectivity index is 1.48. The van der Waals surface area contributed by atoms with Gasteiger partial charge in [0.05, 0.1) is 11.0 Å². The highest BCUT2D eigenvalue weighted by Crippen LogP contribution is 2.26. The largest absolute Gasteiger partial charge is 0.384 e. The van der Waals surface area contributed by atoms with Gasteiger partial charge in [-0.3, -0.25) is 10.3 Å². The number of rotatable bonds is 6. The molecule has 1 aliphatic heterocycles. The molecule has 0 saturated carbocycles. The van der Waals surface area contributed by atoms with Crippen molar-refractivity contribution in [3.63, 3.8) is 0 Å². The van der Waals surface area contributed by atoms with Crippen molar-refractivity contribution in [1.82, 2.24) is 14.5 Å². The fourth-order valence-electron chi connectivity index (χ4n) is 4.85. The number of hydrogen-bond acceptors (Lipinski definition) is 3. The molecular weight excluding hydrogens is 448 g/mol. The Morgan fingerprint density at radius 3 is 2.39 bits per heavy atom. The number of nitrogens with zero attached hydrogens (tertiary/aromatic N) is 4. The van der Waals surface area contributed by atoms with Gasteiger partial charge < -0.3 is 15.2 Å². The smallest absolute Gasteiger partial charge is 0.324 e. The third-order valence-corrected chi connectivity index (χ3v) is 6.92. The van der Waals surface area contributed by atoms with Gasteiger partial charge >= 0.3 is 6.03 Å². The van der Waals surface area contributed by atoms with Crippen molar-refractivity contribution in [3.05, 3.63) is 95.3 Å². The molecule has 5 rings (SSSR count). The van der Waals surface area contributed by atoms with Crippen LogP contribution >= 0.6 is 0 Å². The summed E-state index contributed by atoms with van der Waals surface area (Å²) in [6.45, 7) is 2.35. The van der Waals surface area contributed by atoms with Crippen LogP contribution < -0.4 is 10.6 Å². The molecule has 0 unspecified atom stereocenters. The number of amides is 2. The minimum atomic E-state index is 0.0450. The number of amidine groups is 1. The number of nitrogens with two attached hydrogens (primary N) is 1. The average Bonchev–Trinajstić information content (AvgIpc) is 3.25. The predicted octanol–water partition coefficient (Wildman–Crippen LogP) is 5.00. The summed E-state index contributed by atoms with van der Waals surface area (Å²) in [7, 11) is 1.84. The maximum absolute atomic E-state index is 13.1. The van der Waals surface area contributed by atoms with Crippen molar-refractivity contribution in [2.24, 2.45) is 5.73 Å². The number of carbonyl (C=O) groups is 1. The van der Waals surface area contributed by atoms with Crippen LogP contribution in [-0.4, -0.2) is 46.5 Å². The van der Waals surface area contributed by atoms with E-state index in [1.807, 2.05) is 66.5 Å². The van der Waals surface area contributed by atoms with Crippen LogP contribution in [0.5, 0.6) is 0 Å². The van der Waals surface area contributed by atoms with E-state index in [1.54, 1.807) is 4.90 Å². The van der Waals surface area contributed by atoms with E-state index in [2.05, 4.69) is 22.8 Å². The number of nitrogen functional groups attached to an aromatic ring is 1. The molecule has 1 saturated heterocycles. The molecule has 3 N–H and O–H groups in total. The molecule has 1 aromatic heterocycles. The second-order valence-corrected chi connectivity index (χ2v) is 9.45. The molecule has 2 heterocycles. The summed E-state index contributed by atoms with van der Waals surface area (Å²) in [5.41, 5.74) is 11.4. The second-order valence-electron chi connectivity index (χ2n) is 9.45. The molecule has 184 valence electrons. The van der Waals surface area contributed by atoms with Gasteiger partial charge in [0, 0.05) is 44.4 Å². The number of benzene rings is 3. The molecule has 36 heavy (non-hydrogen) atoms. The predicted molar refractivity (Wildman–Crippen MR) is 145 cm³/mol. The van der Waals surface area contributed by atoms with Gasteiger partial charge in [-0.15, -0.1) is 0 Å². The molecule has 0 atom stereocenters. The summed E-state index contributed by atoms with van der Waals surface area (Å²) >= 11 is 0.